The molecule has 1 aromatic carbocycles. The fourth-order valence-corrected chi connectivity index (χ4v) is 1.66. The van der Waals surface area contributed by atoms with Gasteiger partial charge in [-0.25, -0.2) is 0 Å². The Hall–Kier alpha value is -1.20. The van der Waals surface area contributed by atoms with E-state index >= 15 is 0 Å². The molecule has 0 spiro atoms. The van der Waals surface area contributed by atoms with Crippen molar-refractivity contribution in [2.45, 2.75) is 32.5 Å². The Balaban J connectivity index is 2.93. The highest BCUT2D eigenvalue weighted by molar-refractivity contribution is 5.36. The molecule has 1 unspecified atom stereocenters. The maximum Gasteiger partial charge on any atom is 0.387 e. The normalized spacial score (nSPS) is 13.1. The molecule has 3 N–H and O–H groups in total. The van der Waals surface area contributed by atoms with Gasteiger partial charge < -0.3 is 15.8 Å². The van der Waals surface area contributed by atoms with Crippen molar-refractivity contribution in [2.24, 2.45) is 5.73 Å². The molecule has 1 aromatic rings. The third kappa shape index (κ3) is 4.28. The summed E-state index contributed by atoms with van der Waals surface area (Å²) in [4.78, 5) is 0. The van der Waals surface area contributed by atoms with Gasteiger partial charge in [0.25, 0.3) is 0 Å². The summed E-state index contributed by atoms with van der Waals surface area (Å²) < 4.78 is 29.0. The Morgan fingerprint density at radius 3 is 2.47 bits per heavy atom. The Labute approximate surface area is 100.0 Å². The van der Waals surface area contributed by atoms with Crippen molar-refractivity contribution in [3.63, 3.8) is 0 Å². The van der Waals surface area contributed by atoms with E-state index in [9.17, 15) is 8.78 Å². The summed E-state index contributed by atoms with van der Waals surface area (Å²) in [5, 5.41) is 3.21. The van der Waals surface area contributed by atoms with Crippen molar-refractivity contribution in [2.75, 3.05) is 6.54 Å². The summed E-state index contributed by atoms with van der Waals surface area (Å²) >= 11 is 0. The second-order valence-corrected chi connectivity index (χ2v) is 4.03. The first kappa shape index (κ1) is 13.9. The number of benzene rings is 1. The summed E-state index contributed by atoms with van der Waals surface area (Å²) in [5.74, 6) is 0.172. The fraction of sp³-hybridized carbons (Fsp3) is 0.500. The number of nitrogens with two attached hydrogens (primary N) is 1. The molecule has 0 bridgehead atoms. The number of hydrogen-bond acceptors (Lipinski definition) is 3. The third-order valence-corrected chi connectivity index (χ3v) is 2.28. The fourth-order valence-electron chi connectivity index (χ4n) is 1.66. The van der Waals surface area contributed by atoms with Crippen LogP contribution >= 0.6 is 0 Å². The lowest BCUT2D eigenvalue weighted by Crippen LogP contribution is -2.33. The van der Waals surface area contributed by atoms with E-state index < -0.39 is 6.61 Å². The van der Waals surface area contributed by atoms with E-state index in [1.807, 2.05) is 13.8 Å². The number of alkyl halides is 2. The molecule has 0 fully saturated rings. The van der Waals surface area contributed by atoms with E-state index in [4.69, 9.17) is 5.73 Å². The van der Waals surface area contributed by atoms with E-state index in [-0.39, 0.29) is 17.8 Å². The van der Waals surface area contributed by atoms with Crippen LogP contribution in [0.25, 0.3) is 0 Å². The van der Waals surface area contributed by atoms with Crippen LogP contribution in [0.5, 0.6) is 5.75 Å². The van der Waals surface area contributed by atoms with E-state index in [0.717, 1.165) is 0 Å². The second-order valence-electron chi connectivity index (χ2n) is 4.03. The number of ether oxygens (including phenoxy) is 1. The van der Waals surface area contributed by atoms with Crippen LogP contribution in [0.4, 0.5) is 8.78 Å². The molecule has 0 saturated heterocycles. The molecule has 17 heavy (non-hydrogen) atoms. The van der Waals surface area contributed by atoms with Crippen LogP contribution in [0.3, 0.4) is 0 Å². The second kappa shape index (κ2) is 6.51. The number of hydrogen-bond donors (Lipinski definition) is 2. The van der Waals surface area contributed by atoms with Crippen molar-refractivity contribution in [3.8, 4) is 5.75 Å². The van der Waals surface area contributed by atoms with Crippen LogP contribution in [0.1, 0.15) is 25.5 Å². The van der Waals surface area contributed by atoms with Crippen LogP contribution in [-0.4, -0.2) is 19.2 Å². The van der Waals surface area contributed by atoms with Gasteiger partial charge in [0.1, 0.15) is 5.75 Å². The molecular weight excluding hydrogens is 226 g/mol. The zero-order valence-electron chi connectivity index (χ0n) is 9.99. The molecule has 1 rings (SSSR count). The van der Waals surface area contributed by atoms with Crippen molar-refractivity contribution < 1.29 is 13.5 Å². The molecule has 0 aliphatic heterocycles. The maximum atomic E-state index is 12.3. The smallest absolute Gasteiger partial charge is 0.387 e. The quantitative estimate of drug-likeness (QED) is 0.807. The number of halogens is 2. The largest absolute Gasteiger partial charge is 0.434 e. The van der Waals surface area contributed by atoms with Gasteiger partial charge in [-0.2, -0.15) is 8.78 Å². The van der Waals surface area contributed by atoms with Crippen LogP contribution in [0.15, 0.2) is 24.3 Å². The maximum absolute atomic E-state index is 12.3. The van der Waals surface area contributed by atoms with Gasteiger partial charge in [-0.05, 0) is 6.07 Å². The van der Waals surface area contributed by atoms with Gasteiger partial charge in [0.05, 0.1) is 0 Å². The van der Waals surface area contributed by atoms with E-state index in [1.54, 1.807) is 18.2 Å². The Morgan fingerprint density at radius 1 is 1.29 bits per heavy atom. The van der Waals surface area contributed by atoms with Crippen LogP contribution in [0, 0.1) is 0 Å². The molecule has 0 amide bonds. The van der Waals surface area contributed by atoms with Gasteiger partial charge in [0.15, 0.2) is 0 Å². The lowest BCUT2D eigenvalue weighted by Gasteiger charge is -2.22. The highest BCUT2D eigenvalue weighted by Gasteiger charge is 2.17. The standard InChI is InChI=1S/C12H18F2N2O/c1-8(2)16-10(7-15)9-5-3-4-6-11(9)17-12(13)14/h3-6,8,10,12,16H,7,15H2,1-2H3. The summed E-state index contributed by atoms with van der Waals surface area (Å²) in [7, 11) is 0. The average molecular weight is 244 g/mol. The van der Waals surface area contributed by atoms with Crippen LogP contribution < -0.4 is 15.8 Å². The Bertz CT molecular complexity index is 345. The van der Waals surface area contributed by atoms with Crippen molar-refractivity contribution in [1.29, 1.82) is 0 Å². The molecule has 3 nitrogen and oxygen atoms in total. The predicted octanol–water partition coefficient (Wildman–Crippen LogP) is 2.29. The van der Waals surface area contributed by atoms with Crippen molar-refractivity contribution >= 4 is 0 Å². The predicted molar refractivity (Wildman–Crippen MR) is 63.1 cm³/mol. The first-order chi connectivity index (χ1) is 8.04. The van der Waals surface area contributed by atoms with Gasteiger partial charge in [0, 0.05) is 24.2 Å². The minimum atomic E-state index is -2.83. The van der Waals surface area contributed by atoms with Gasteiger partial charge in [-0.3, -0.25) is 0 Å². The number of nitrogens with one attached hydrogen (secondary N) is 1. The summed E-state index contributed by atoms with van der Waals surface area (Å²) in [6, 6.07) is 6.72. The molecule has 96 valence electrons. The molecule has 1 atom stereocenters. The summed E-state index contributed by atoms with van der Waals surface area (Å²) in [6.45, 7) is 1.44. The minimum Gasteiger partial charge on any atom is -0.434 e. The summed E-state index contributed by atoms with van der Waals surface area (Å²) in [5.41, 5.74) is 6.30. The number of rotatable bonds is 6. The molecule has 0 radical (unpaired) electrons. The molecular formula is C12H18F2N2O. The van der Waals surface area contributed by atoms with Gasteiger partial charge in [-0.15, -0.1) is 0 Å². The average Bonchev–Trinajstić information content (AvgIpc) is 2.26. The molecule has 0 heterocycles. The molecule has 0 saturated carbocycles. The third-order valence-electron chi connectivity index (χ3n) is 2.28. The lowest BCUT2D eigenvalue weighted by molar-refractivity contribution is -0.0507. The monoisotopic (exact) mass is 244 g/mol. The van der Waals surface area contributed by atoms with Crippen LogP contribution in [-0.2, 0) is 0 Å². The van der Waals surface area contributed by atoms with Crippen molar-refractivity contribution in [1.82, 2.24) is 5.32 Å². The minimum absolute atomic E-state index is 0.172. The van der Waals surface area contributed by atoms with Crippen molar-refractivity contribution in [3.05, 3.63) is 29.8 Å². The highest BCUT2D eigenvalue weighted by atomic mass is 19.3. The van der Waals surface area contributed by atoms with E-state index in [1.165, 1.54) is 6.07 Å². The molecule has 0 aliphatic rings. The highest BCUT2D eigenvalue weighted by Crippen LogP contribution is 2.26. The van der Waals surface area contributed by atoms with Gasteiger partial charge in [-0.1, -0.05) is 32.0 Å². The zero-order chi connectivity index (χ0) is 12.8. The van der Waals surface area contributed by atoms with E-state index in [0.29, 0.717) is 12.1 Å². The Kier molecular flexibility index (Phi) is 5.31. The first-order valence-corrected chi connectivity index (χ1v) is 5.54. The zero-order valence-corrected chi connectivity index (χ0v) is 9.99. The SMILES string of the molecule is CC(C)NC(CN)c1ccccc1OC(F)F. The number of para-hydroxylation sites is 1. The topological polar surface area (TPSA) is 47.3 Å². The first-order valence-electron chi connectivity index (χ1n) is 5.54. The Morgan fingerprint density at radius 2 is 1.94 bits per heavy atom. The van der Waals surface area contributed by atoms with E-state index in [2.05, 4.69) is 10.1 Å². The molecule has 0 aromatic heterocycles. The van der Waals surface area contributed by atoms with Crippen LogP contribution in [0.2, 0.25) is 0 Å². The molecule has 5 heteroatoms. The summed E-state index contributed by atoms with van der Waals surface area (Å²) in [6.07, 6.45) is 0. The lowest BCUT2D eigenvalue weighted by atomic mass is 10.1. The van der Waals surface area contributed by atoms with Gasteiger partial charge in [0.2, 0.25) is 0 Å². The van der Waals surface area contributed by atoms with Gasteiger partial charge >= 0.3 is 6.61 Å². The molecule has 0 aliphatic carbocycles.